The van der Waals surface area contributed by atoms with E-state index in [0.29, 0.717) is 0 Å². The van der Waals surface area contributed by atoms with Gasteiger partial charge in [-0.1, -0.05) is 4.80 Å². The van der Waals surface area contributed by atoms with Crippen molar-refractivity contribution in [3.05, 3.63) is 11.4 Å². The number of rotatable bonds is 0. The number of aryl methyl sites for hydroxylation is 2. The van der Waals surface area contributed by atoms with Gasteiger partial charge < -0.3 is 12.8 Å². The largest absolute Gasteiger partial charge is 0.529 e. The Bertz CT molecular complexity index is 206. The molecule has 0 unspecified atom stereocenters. The Kier molecular flexibility index (Phi) is 1.40. The van der Waals surface area contributed by atoms with Crippen LogP contribution in [0.4, 0.5) is 0 Å². The van der Waals surface area contributed by atoms with Crippen LogP contribution >= 0.6 is 0 Å². The van der Waals surface area contributed by atoms with Crippen LogP contribution in [0.25, 0.3) is 0 Å². The van der Waals surface area contributed by atoms with Crippen molar-refractivity contribution in [2.75, 3.05) is 0 Å². The number of aromatic nitrogens is 3. The minimum atomic E-state index is 0.993. The van der Waals surface area contributed by atoms with Gasteiger partial charge in [-0.15, -0.1) is 0 Å². The lowest BCUT2D eigenvalue weighted by atomic mass is 10.4. The van der Waals surface area contributed by atoms with Crippen molar-refractivity contribution in [3.8, 4) is 0 Å². The summed E-state index contributed by atoms with van der Waals surface area (Å²) in [6.07, 6.45) is 0. The number of hydrogen-bond acceptors (Lipinski definition) is 2. The van der Waals surface area contributed by atoms with E-state index >= 15 is 0 Å². The molecule has 4 heteroatoms. The van der Waals surface area contributed by atoms with Crippen molar-refractivity contribution < 1.29 is 4.09 Å². The molecule has 0 bridgehead atoms. The molecule has 0 amide bonds. The van der Waals surface area contributed by atoms with Gasteiger partial charge in [0.2, 0.25) is 5.69 Å². The SMILES string of the molecule is Cc1nn(C)[n+]([S-])c1C. The lowest BCUT2D eigenvalue weighted by Crippen LogP contribution is -2.38. The van der Waals surface area contributed by atoms with E-state index < -0.39 is 0 Å². The lowest BCUT2D eigenvalue weighted by molar-refractivity contribution is -0.602. The second-order valence-electron chi connectivity index (χ2n) is 2.03. The van der Waals surface area contributed by atoms with Crippen LogP contribution in [0.1, 0.15) is 11.4 Å². The van der Waals surface area contributed by atoms with E-state index in [-0.39, 0.29) is 0 Å². The summed E-state index contributed by atoms with van der Waals surface area (Å²) in [4.78, 5) is 1.64. The van der Waals surface area contributed by atoms with E-state index in [1.54, 1.807) is 8.88 Å². The standard InChI is InChI=1S/C5H9N3S/c1-4-5(2)8(9)7(3)6-4/h1-3H3. The molecule has 1 rings (SSSR count). The van der Waals surface area contributed by atoms with Gasteiger partial charge in [0.1, 0.15) is 0 Å². The smallest absolute Gasteiger partial charge is 0.216 e. The molecule has 0 aliphatic rings. The average molecular weight is 143 g/mol. The summed E-state index contributed by atoms with van der Waals surface area (Å²) in [6, 6.07) is 0. The van der Waals surface area contributed by atoms with Gasteiger partial charge in [-0.05, 0) is 0 Å². The highest BCUT2D eigenvalue weighted by molar-refractivity contribution is 7.50. The second kappa shape index (κ2) is 1.95. The number of nitrogens with zero attached hydrogens (tertiary/aromatic N) is 3. The molecule has 0 saturated carbocycles. The van der Waals surface area contributed by atoms with E-state index in [9.17, 15) is 0 Å². The fourth-order valence-corrected chi connectivity index (χ4v) is 0.854. The summed E-state index contributed by atoms with van der Waals surface area (Å²) >= 11 is 4.93. The highest BCUT2D eigenvalue weighted by atomic mass is 32.1. The molecule has 0 aromatic carbocycles. The van der Waals surface area contributed by atoms with Gasteiger partial charge in [-0.3, -0.25) is 4.09 Å². The van der Waals surface area contributed by atoms with Crippen molar-refractivity contribution in [1.29, 1.82) is 0 Å². The van der Waals surface area contributed by atoms with Gasteiger partial charge in [0.25, 0.3) is 0 Å². The van der Waals surface area contributed by atoms with Crippen LogP contribution in [0.3, 0.4) is 0 Å². The van der Waals surface area contributed by atoms with E-state index in [0.717, 1.165) is 11.4 Å². The first-order chi connectivity index (χ1) is 4.13. The first kappa shape index (κ1) is 6.48. The first-order valence-electron chi connectivity index (χ1n) is 2.73. The van der Waals surface area contributed by atoms with Crippen LogP contribution in [0.5, 0.6) is 0 Å². The monoisotopic (exact) mass is 143 g/mol. The van der Waals surface area contributed by atoms with Crippen molar-refractivity contribution >= 4 is 12.8 Å². The molecule has 0 atom stereocenters. The molecular formula is C5H9N3S. The zero-order valence-corrected chi connectivity index (χ0v) is 6.57. The van der Waals surface area contributed by atoms with E-state index in [1.807, 2.05) is 20.9 Å². The molecule has 1 heterocycles. The van der Waals surface area contributed by atoms with Gasteiger partial charge in [0, 0.05) is 18.9 Å². The Hall–Kier alpha value is -0.640. The molecule has 1 aromatic heterocycles. The van der Waals surface area contributed by atoms with E-state index in [4.69, 9.17) is 12.8 Å². The molecule has 3 nitrogen and oxygen atoms in total. The van der Waals surface area contributed by atoms with E-state index in [2.05, 4.69) is 5.10 Å². The normalized spacial score (nSPS) is 10.1. The van der Waals surface area contributed by atoms with Gasteiger partial charge >= 0.3 is 0 Å². The maximum absolute atomic E-state index is 4.93. The third-order valence-corrected chi connectivity index (χ3v) is 1.88. The molecule has 50 valence electrons. The predicted octanol–water partition coefficient (Wildman–Crippen LogP) is -0.366. The Labute approximate surface area is 59.8 Å². The minimum Gasteiger partial charge on any atom is -0.529 e. The third-order valence-electron chi connectivity index (χ3n) is 1.37. The molecule has 0 spiro atoms. The molecular weight excluding hydrogens is 134 g/mol. The number of hydrogen-bond donors (Lipinski definition) is 0. The van der Waals surface area contributed by atoms with E-state index in [1.165, 1.54) is 0 Å². The van der Waals surface area contributed by atoms with Gasteiger partial charge in [0.05, 0.1) is 7.05 Å². The Morgan fingerprint density at radius 3 is 2.22 bits per heavy atom. The maximum Gasteiger partial charge on any atom is 0.216 e. The van der Waals surface area contributed by atoms with Crippen LogP contribution in [-0.2, 0) is 19.9 Å². The Morgan fingerprint density at radius 2 is 2.11 bits per heavy atom. The van der Waals surface area contributed by atoms with Crippen LogP contribution in [0.15, 0.2) is 0 Å². The summed E-state index contributed by atoms with van der Waals surface area (Å²) in [6.45, 7) is 3.90. The van der Waals surface area contributed by atoms with Gasteiger partial charge in [-0.25, -0.2) is 0 Å². The molecule has 0 aliphatic heterocycles. The minimum absolute atomic E-state index is 0.993. The topological polar surface area (TPSA) is 21.7 Å². The van der Waals surface area contributed by atoms with Crippen molar-refractivity contribution in [3.63, 3.8) is 0 Å². The Balaban J connectivity index is 3.29. The van der Waals surface area contributed by atoms with Gasteiger partial charge in [0.15, 0.2) is 5.69 Å². The molecule has 0 aliphatic carbocycles. The second-order valence-corrected chi connectivity index (χ2v) is 2.38. The summed E-state index contributed by atoms with van der Waals surface area (Å²) in [5.74, 6) is 0. The molecule has 0 radical (unpaired) electrons. The summed E-state index contributed by atoms with van der Waals surface area (Å²) in [7, 11) is 1.83. The quantitative estimate of drug-likeness (QED) is 0.365. The first-order valence-corrected chi connectivity index (χ1v) is 3.09. The van der Waals surface area contributed by atoms with Crippen molar-refractivity contribution in [1.82, 2.24) is 9.90 Å². The molecule has 0 N–H and O–H groups in total. The lowest BCUT2D eigenvalue weighted by Gasteiger charge is -1.99. The van der Waals surface area contributed by atoms with Crippen molar-refractivity contribution in [2.45, 2.75) is 13.8 Å². The maximum atomic E-state index is 4.93. The van der Waals surface area contributed by atoms with Crippen LogP contribution < -0.4 is 4.09 Å². The third kappa shape index (κ3) is 0.896. The summed E-state index contributed by atoms with van der Waals surface area (Å²) < 4.78 is 1.59. The summed E-state index contributed by atoms with van der Waals surface area (Å²) in [5, 5.41) is 4.09. The summed E-state index contributed by atoms with van der Waals surface area (Å²) in [5.41, 5.74) is 2.03. The zero-order chi connectivity index (χ0) is 7.02. The molecule has 1 aromatic rings. The fourth-order valence-electron chi connectivity index (χ4n) is 0.686. The van der Waals surface area contributed by atoms with Crippen LogP contribution in [0.2, 0.25) is 0 Å². The predicted molar refractivity (Wildman–Crippen MR) is 35.6 cm³/mol. The van der Waals surface area contributed by atoms with Crippen LogP contribution in [0, 0.1) is 13.8 Å². The highest BCUT2D eigenvalue weighted by Crippen LogP contribution is 1.92. The molecule has 9 heavy (non-hydrogen) atoms. The highest BCUT2D eigenvalue weighted by Gasteiger charge is 2.07. The van der Waals surface area contributed by atoms with Crippen molar-refractivity contribution in [2.24, 2.45) is 7.05 Å². The average Bonchev–Trinajstić information content (AvgIpc) is 1.98. The zero-order valence-electron chi connectivity index (χ0n) is 5.75. The fraction of sp³-hybridized carbons (Fsp3) is 0.600. The Morgan fingerprint density at radius 1 is 1.56 bits per heavy atom. The molecule has 0 fully saturated rings. The van der Waals surface area contributed by atoms with Crippen LogP contribution in [-0.4, -0.2) is 9.90 Å². The van der Waals surface area contributed by atoms with Gasteiger partial charge in [-0.2, -0.15) is 0 Å². The molecule has 0 saturated heterocycles.